The van der Waals surface area contributed by atoms with Crippen LogP contribution in [0.25, 0.3) is 0 Å². The zero-order valence-electron chi connectivity index (χ0n) is 18.2. The molecule has 7 rings (SSSR count). The van der Waals surface area contributed by atoms with E-state index in [1.807, 2.05) is 12.1 Å². The summed E-state index contributed by atoms with van der Waals surface area (Å²) in [5.74, 6) is 6.40. The Morgan fingerprint density at radius 2 is 1.74 bits per heavy atom. The largest absolute Gasteiger partial charge is 0.454 e. The van der Waals surface area contributed by atoms with Crippen LogP contribution in [-0.4, -0.2) is 36.7 Å². The van der Waals surface area contributed by atoms with Crippen LogP contribution in [0, 0.1) is 29.6 Å². The minimum Gasteiger partial charge on any atom is -0.454 e. The Bertz CT molecular complexity index is 831. The fraction of sp³-hybridized carbons (Fsp3) is 0.720. The average Bonchev–Trinajstić information content (AvgIpc) is 3.33. The van der Waals surface area contributed by atoms with Gasteiger partial charge in [-0.25, -0.2) is 0 Å². The van der Waals surface area contributed by atoms with E-state index in [4.69, 9.17) is 21.1 Å². The van der Waals surface area contributed by atoms with Gasteiger partial charge in [0.1, 0.15) is 0 Å². The van der Waals surface area contributed by atoms with Crippen LogP contribution >= 0.6 is 11.6 Å². The number of rotatable bonds is 7. The molecule has 1 aromatic carbocycles. The van der Waals surface area contributed by atoms with Gasteiger partial charge in [-0.2, -0.15) is 0 Å². The topological polar surface area (TPSA) is 50.8 Å². The fourth-order valence-electron chi connectivity index (χ4n) is 7.49. The second kappa shape index (κ2) is 8.15. The van der Waals surface area contributed by atoms with Crippen LogP contribution in [0.4, 0.5) is 0 Å². The molecule has 5 nitrogen and oxygen atoms in total. The number of halogens is 1. The summed E-state index contributed by atoms with van der Waals surface area (Å²) in [6.45, 7) is 2.87. The van der Waals surface area contributed by atoms with Crippen LogP contribution in [0.2, 0.25) is 5.02 Å². The molecule has 1 atom stereocenters. The van der Waals surface area contributed by atoms with Gasteiger partial charge in [0.15, 0.2) is 11.5 Å². The quantitative estimate of drug-likeness (QED) is 0.624. The molecule has 1 aromatic rings. The zero-order valence-corrected chi connectivity index (χ0v) is 18.9. The van der Waals surface area contributed by atoms with Crippen molar-refractivity contribution in [1.82, 2.24) is 10.2 Å². The number of benzene rings is 1. The third-order valence-corrected chi connectivity index (χ3v) is 9.15. The summed E-state index contributed by atoms with van der Waals surface area (Å²) in [7, 11) is 0. The number of nitrogens with one attached hydrogen (secondary N) is 1. The minimum atomic E-state index is 0.262. The highest BCUT2D eigenvalue weighted by atomic mass is 35.5. The summed E-state index contributed by atoms with van der Waals surface area (Å²) >= 11 is 6.40. The van der Waals surface area contributed by atoms with E-state index in [1.165, 1.54) is 32.1 Å². The Kier molecular flexibility index (Phi) is 5.30. The average molecular weight is 445 g/mol. The van der Waals surface area contributed by atoms with E-state index in [0.717, 1.165) is 79.0 Å². The van der Waals surface area contributed by atoms with E-state index in [2.05, 4.69) is 10.2 Å². The van der Waals surface area contributed by atoms with Crippen molar-refractivity contribution in [3.05, 3.63) is 22.7 Å². The summed E-state index contributed by atoms with van der Waals surface area (Å²) in [5, 5.41) is 4.24. The van der Waals surface area contributed by atoms with Crippen molar-refractivity contribution >= 4 is 17.5 Å². The first-order chi connectivity index (χ1) is 15.1. The van der Waals surface area contributed by atoms with E-state index in [1.54, 1.807) is 0 Å². The Labute approximate surface area is 189 Å². The molecule has 6 aliphatic rings. The third kappa shape index (κ3) is 3.82. The number of hydrogen-bond acceptors (Lipinski definition) is 4. The predicted molar refractivity (Wildman–Crippen MR) is 119 cm³/mol. The lowest BCUT2D eigenvalue weighted by molar-refractivity contribution is -0.132. The maximum atomic E-state index is 12.7. The molecule has 2 heterocycles. The number of hydrogen-bond donors (Lipinski definition) is 1. The predicted octanol–water partition coefficient (Wildman–Crippen LogP) is 4.61. The summed E-state index contributed by atoms with van der Waals surface area (Å²) in [6, 6.07) is 4.20. The molecule has 1 amide bonds. The van der Waals surface area contributed by atoms with Crippen LogP contribution in [0.3, 0.4) is 0 Å². The van der Waals surface area contributed by atoms with Gasteiger partial charge in [-0.1, -0.05) is 11.6 Å². The molecule has 1 N–H and O–H groups in total. The van der Waals surface area contributed by atoms with Crippen molar-refractivity contribution in [3.63, 3.8) is 0 Å². The van der Waals surface area contributed by atoms with Crippen LogP contribution in [0.15, 0.2) is 12.1 Å². The highest BCUT2D eigenvalue weighted by Gasteiger charge is 2.49. The number of fused-ring (bicyclic) bond motifs is 1. The summed E-state index contributed by atoms with van der Waals surface area (Å²) in [6.07, 6.45) is 9.98. The molecule has 1 unspecified atom stereocenters. The SMILES string of the molecule is O=C1CCC(CCNCc2cc3c(cc2Cl)OCO3)N1CC1C2CC3CC(C2)CC1C3. The lowest BCUT2D eigenvalue weighted by Gasteiger charge is -2.55. The van der Waals surface area contributed by atoms with Crippen molar-refractivity contribution in [2.45, 2.75) is 64.0 Å². The number of likely N-dealkylation sites (tertiary alicyclic amines) is 1. The summed E-state index contributed by atoms with van der Waals surface area (Å²) in [5.41, 5.74) is 1.03. The number of carbonyl (C=O) groups excluding carboxylic acids is 1. The van der Waals surface area contributed by atoms with Gasteiger partial charge in [0.05, 0.1) is 0 Å². The Morgan fingerprint density at radius 3 is 2.48 bits per heavy atom. The molecule has 4 aliphatic carbocycles. The molecule has 0 spiro atoms. The Balaban J connectivity index is 1.03. The molecule has 4 saturated carbocycles. The number of carbonyl (C=O) groups is 1. The maximum Gasteiger partial charge on any atom is 0.231 e. The van der Waals surface area contributed by atoms with Gasteiger partial charge in [-0.15, -0.1) is 0 Å². The molecule has 0 aromatic heterocycles. The van der Waals surface area contributed by atoms with Crippen molar-refractivity contribution in [1.29, 1.82) is 0 Å². The molecular formula is C25H33ClN2O3. The number of ether oxygens (including phenoxy) is 2. The highest BCUT2D eigenvalue weighted by Crippen LogP contribution is 2.56. The standard InChI is InChI=1S/C25H33ClN2O3/c26-22-11-24-23(30-14-31-24)10-19(22)12-27-4-3-20-1-2-25(29)28(20)13-21-17-6-15-5-16(8-17)9-18(21)7-15/h10-11,15-18,20-21,27H,1-9,12-14H2. The van der Waals surface area contributed by atoms with Gasteiger partial charge < -0.3 is 19.7 Å². The minimum absolute atomic E-state index is 0.262. The number of amides is 1. The monoisotopic (exact) mass is 444 g/mol. The number of nitrogens with zero attached hydrogens (tertiary/aromatic N) is 1. The van der Waals surface area contributed by atoms with E-state index in [-0.39, 0.29) is 6.79 Å². The second-order valence-corrected chi connectivity index (χ2v) is 11.0. The van der Waals surface area contributed by atoms with Crippen molar-refractivity contribution < 1.29 is 14.3 Å². The smallest absolute Gasteiger partial charge is 0.231 e. The maximum absolute atomic E-state index is 12.7. The first-order valence-electron chi connectivity index (χ1n) is 12.2. The molecule has 5 fully saturated rings. The first kappa shape index (κ1) is 20.2. The zero-order chi connectivity index (χ0) is 20.9. The Morgan fingerprint density at radius 1 is 1.03 bits per heavy atom. The van der Waals surface area contributed by atoms with Crippen LogP contribution < -0.4 is 14.8 Å². The third-order valence-electron chi connectivity index (χ3n) is 8.79. The Hall–Kier alpha value is -1.46. The summed E-state index contributed by atoms with van der Waals surface area (Å²) < 4.78 is 10.9. The van der Waals surface area contributed by atoms with Gasteiger partial charge in [0.25, 0.3) is 0 Å². The van der Waals surface area contributed by atoms with Gasteiger partial charge in [-0.3, -0.25) is 4.79 Å². The van der Waals surface area contributed by atoms with Gasteiger partial charge in [0.2, 0.25) is 12.7 Å². The summed E-state index contributed by atoms with van der Waals surface area (Å²) in [4.78, 5) is 15.0. The van der Waals surface area contributed by atoms with E-state index >= 15 is 0 Å². The molecule has 1 saturated heterocycles. The molecule has 4 bridgehead atoms. The highest BCUT2D eigenvalue weighted by molar-refractivity contribution is 6.31. The lowest BCUT2D eigenvalue weighted by Crippen LogP contribution is -2.50. The van der Waals surface area contributed by atoms with Gasteiger partial charge >= 0.3 is 0 Å². The van der Waals surface area contributed by atoms with Gasteiger partial charge in [-0.05, 0) is 92.7 Å². The molecule has 31 heavy (non-hydrogen) atoms. The molecule has 6 heteroatoms. The van der Waals surface area contributed by atoms with Crippen molar-refractivity contribution in [2.75, 3.05) is 19.9 Å². The van der Waals surface area contributed by atoms with E-state index in [0.29, 0.717) is 23.5 Å². The molecule has 2 aliphatic heterocycles. The first-order valence-corrected chi connectivity index (χ1v) is 12.6. The van der Waals surface area contributed by atoms with Crippen LogP contribution in [-0.2, 0) is 11.3 Å². The van der Waals surface area contributed by atoms with Crippen LogP contribution in [0.1, 0.15) is 56.9 Å². The molecule has 168 valence electrons. The van der Waals surface area contributed by atoms with Gasteiger partial charge in [0, 0.05) is 36.6 Å². The fourth-order valence-corrected chi connectivity index (χ4v) is 7.71. The molecular weight excluding hydrogens is 412 g/mol. The van der Waals surface area contributed by atoms with Crippen molar-refractivity contribution in [2.24, 2.45) is 29.6 Å². The van der Waals surface area contributed by atoms with E-state index in [9.17, 15) is 4.79 Å². The normalized spacial score (nSPS) is 35.4. The molecule has 0 radical (unpaired) electrons. The van der Waals surface area contributed by atoms with Crippen molar-refractivity contribution in [3.8, 4) is 11.5 Å². The van der Waals surface area contributed by atoms with E-state index < -0.39 is 0 Å². The van der Waals surface area contributed by atoms with Crippen LogP contribution in [0.5, 0.6) is 11.5 Å². The lowest BCUT2D eigenvalue weighted by atomic mass is 9.52. The second-order valence-electron chi connectivity index (χ2n) is 10.6.